The van der Waals surface area contributed by atoms with Gasteiger partial charge in [-0.25, -0.2) is 9.18 Å². The molecule has 0 amide bonds. The topological polar surface area (TPSA) is 114 Å². The zero-order valence-corrected chi connectivity index (χ0v) is 15.9. The Kier molecular flexibility index (Phi) is 7.07. The third kappa shape index (κ3) is 4.98. The van der Waals surface area contributed by atoms with Gasteiger partial charge in [-0.2, -0.15) is 0 Å². The van der Waals surface area contributed by atoms with Crippen LogP contribution in [0.4, 0.5) is 10.1 Å². The van der Waals surface area contributed by atoms with Crippen molar-refractivity contribution in [3.05, 3.63) is 57.4 Å². The van der Waals surface area contributed by atoms with Crippen LogP contribution in [0.15, 0.2) is 30.3 Å². The van der Waals surface area contributed by atoms with Crippen molar-refractivity contribution in [2.75, 3.05) is 27.4 Å². The number of nitro benzene ring substituents is 1. The fourth-order valence-corrected chi connectivity index (χ4v) is 2.48. The Morgan fingerprint density at radius 1 is 1.03 bits per heavy atom. The number of carbonyl (C=O) groups is 2. The van der Waals surface area contributed by atoms with E-state index in [0.717, 1.165) is 24.3 Å². The molecule has 0 unspecified atom stereocenters. The van der Waals surface area contributed by atoms with Crippen LogP contribution in [0.25, 0.3) is 0 Å². The van der Waals surface area contributed by atoms with Crippen LogP contribution in [-0.2, 0) is 4.74 Å². The van der Waals surface area contributed by atoms with Gasteiger partial charge in [0.05, 0.1) is 37.4 Å². The summed E-state index contributed by atoms with van der Waals surface area (Å²) >= 11 is 0. The molecule has 0 N–H and O–H groups in total. The Balaban J connectivity index is 2.27. The lowest BCUT2D eigenvalue weighted by molar-refractivity contribution is -0.385. The van der Waals surface area contributed by atoms with E-state index in [1.54, 1.807) is 6.92 Å². The van der Waals surface area contributed by atoms with Gasteiger partial charge in [-0.3, -0.25) is 14.9 Å². The second kappa shape index (κ2) is 9.49. The van der Waals surface area contributed by atoms with E-state index in [0.29, 0.717) is 0 Å². The van der Waals surface area contributed by atoms with Crippen LogP contribution < -0.4 is 14.2 Å². The first-order valence-electron chi connectivity index (χ1n) is 8.35. The van der Waals surface area contributed by atoms with Crippen molar-refractivity contribution in [2.45, 2.75) is 6.92 Å². The molecule has 0 aromatic heterocycles. The third-order valence-electron chi connectivity index (χ3n) is 3.79. The minimum Gasteiger partial charge on any atom is -0.496 e. The summed E-state index contributed by atoms with van der Waals surface area (Å²) < 4.78 is 33.6. The summed E-state index contributed by atoms with van der Waals surface area (Å²) in [5.74, 6) is -2.27. The van der Waals surface area contributed by atoms with Crippen LogP contribution in [-0.4, -0.2) is 44.1 Å². The predicted octanol–water partition coefficient (Wildman–Crippen LogP) is 3.19. The zero-order chi connectivity index (χ0) is 21.6. The first-order chi connectivity index (χ1) is 13.8. The number of hydrogen-bond donors (Lipinski definition) is 0. The molecular formula is C19H18FNO8. The van der Waals surface area contributed by atoms with E-state index in [-0.39, 0.29) is 29.4 Å². The Labute approximate surface area is 165 Å². The molecule has 0 saturated heterocycles. The highest BCUT2D eigenvalue weighted by atomic mass is 19.1. The first-order valence-corrected chi connectivity index (χ1v) is 8.35. The number of benzene rings is 2. The van der Waals surface area contributed by atoms with Gasteiger partial charge < -0.3 is 18.9 Å². The maximum atomic E-state index is 13.4. The number of carbonyl (C=O) groups excluding carboxylic acids is 2. The third-order valence-corrected chi connectivity index (χ3v) is 3.79. The van der Waals surface area contributed by atoms with E-state index < -0.39 is 40.4 Å². The summed E-state index contributed by atoms with van der Waals surface area (Å²) in [4.78, 5) is 35.2. The van der Waals surface area contributed by atoms with Crippen LogP contribution in [0.1, 0.15) is 27.6 Å². The van der Waals surface area contributed by atoms with Crippen molar-refractivity contribution in [2.24, 2.45) is 0 Å². The van der Waals surface area contributed by atoms with Gasteiger partial charge in [-0.1, -0.05) is 0 Å². The number of nitro groups is 1. The van der Waals surface area contributed by atoms with Crippen LogP contribution in [0.5, 0.6) is 17.2 Å². The molecule has 0 aliphatic heterocycles. The summed E-state index contributed by atoms with van der Waals surface area (Å²) in [5.41, 5.74) is -1.12. The summed E-state index contributed by atoms with van der Waals surface area (Å²) in [7, 11) is 2.60. The normalized spacial score (nSPS) is 10.2. The molecule has 10 heteroatoms. The average molecular weight is 407 g/mol. The standard InChI is InChI=1S/C19H18FNO8/c1-4-28-18-9-14(21(24)25)12(8-17(18)27-3)19(23)29-10-15(22)13-7-11(20)5-6-16(13)26-2/h5-9H,4,10H2,1-3H3. The van der Waals surface area contributed by atoms with Gasteiger partial charge in [0, 0.05) is 6.07 Å². The van der Waals surface area contributed by atoms with E-state index >= 15 is 0 Å². The summed E-state index contributed by atoms with van der Waals surface area (Å²) in [6.07, 6.45) is 0. The van der Waals surface area contributed by atoms with Crippen molar-refractivity contribution >= 4 is 17.4 Å². The molecule has 9 nitrogen and oxygen atoms in total. The van der Waals surface area contributed by atoms with Gasteiger partial charge in [-0.05, 0) is 25.1 Å². The van der Waals surface area contributed by atoms with Crippen LogP contribution in [0.3, 0.4) is 0 Å². The minimum absolute atomic E-state index is 0.0822. The molecule has 2 aromatic carbocycles. The van der Waals surface area contributed by atoms with Gasteiger partial charge >= 0.3 is 5.97 Å². The lowest BCUT2D eigenvalue weighted by Gasteiger charge is -2.12. The Morgan fingerprint density at radius 2 is 1.72 bits per heavy atom. The summed E-state index contributed by atoms with van der Waals surface area (Å²) in [6.45, 7) is 1.13. The maximum absolute atomic E-state index is 13.4. The fraction of sp³-hybridized carbons (Fsp3) is 0.263. The van der Waals surface area contributed by atoms with Crippen molar-refractivity contribution in [3.63, 3.8) is 0 Å². The van der Waals surface area contributed by atoms with Gasteiger partial charge in [-0.15, -0.1) is 0 Å². The van der Waals surface area contributed by atoms with Crippen LogP contribution >= 0.6 is 0 Å². The summed E-state index contributed by atoms with van der Waals surface area (Å²) in [6, 6.07) is 5.44. The largest absolute Gasteiger partial charge is 0.496 e. The molecule has 0 heterocycles. The molecule has 154 valence electrons. The van der Waals surface area contributed by atoms with E-state index in [9.17, 15) is 24.1 Å². The van der Waals surface area contributed by atoms with Gasteiger partial charge in [0.25, 0.3) is 5.69 Å². The highest BCUT2D eigenvalue weighted by molar-refractivity contribution is 6.02. The molecule has 0 bridgehead atoms. The molecule has 2 aromatic rings. The average Bonchev–Trinajstić information content (AvgIpc) is 2.71. The highest BCUT2D eigenvalue weighted by Gasteiger charge is 2.27. The molecule has 0 spiro atoms. The molecule has 0 fully saturated rings. The van der Waals surface area contributed by atoms with Crippen molar-refractivity contribution in [1.29, 1.82) is 0 Å². The van der Waals surface area contributed by atoms with Crippen molar-refractivity contribution < 1.29 is 37.9 Å². The highest BCUT2D eigenvalue weighted by Crippen LogP contribution is 2.35. The molecule has 0 atom stereocenters. The van der Waals surface area contributed by atoms with E-state index in [1.807, 2.05) is 0 Å². The Hall–Kier alpha value is -3.69. The smallest absolute Gasteiger partial charge is 0.345 e. The number of rotatable bonds is 9. The maximum Gasteiger partial charge on any atom is 0.345 e. The van der Waals surface area contributed by atoms with E-state index in [2.05, 4.69) is 0 Å². The lowest BCUT2D eigenvalue weighted by Crippen LogP contribution is -2.16. The van der Waals surface area contributed by atoms with Crippen LogP contribution in [0, 0.1) is 15.9 Å². The van der Waals surface area contributed by atoms with Gasteiger partial charge in [0.15, 0.2) is 18.1 Å². The van der Waals surface area contributed by atoms with Crippen LogP contribution in [0.2, 0.25) is 0 Å². The van der Waals surface area contributed by atoms with E-state index in [1.165, 1.54) is 20.3 Å². The Bertz CT molecular complexity index is 944. The summed E-state index contributed by atoms with van der Waals surface area (Å²) in [5, 5.41) is 11.3. The minimum atomic E-state index is -1.12. The second-order valence-electron chi connectivity index (χ2n) is 5.55. The molecule has 0 radical (unpaired) electrons. The molecule has 2 rings (SSSR count). The van der Waals surface area contributed by atoms with Crippen molar-refractivity contribution in [1.82, 2.24) is 0 Å². The molecule has 0 aliphatic carbocycles. The first kappa shape index (κ1) is 21.6. The number of hydrogen-bond acceptors (Lipinski definition) is 8. The van der Waals surface area contributed by atoms with Gasteiger partial charge in [0.1, 0.15) is 17.1 Å². The molecule has 0 saturated carbocycles. The molecule has 29 heavy (non-hydrogen) atoms. The number of esters is 1. The lowest BCUT2D eigenvalue weighted by atomic mass is 10.1. The second-order valence-corrected chi connectivity index (χ2v) is 5.55. The predicted molar refractivity (Wildman–Crippen MR) is 98.4 cm³/mol. The Morgan fingerprint density at radius 3 is 2.31 bits per heavy atom. The number of ketones is 1. The number of Topliss-reactive ketones (excluding diaryl/α,β-unsaturated/α-hetero) is 1. The SMILES string of the molecule is CCOc1cc([N+](=O)[O-])c(C(=O)OCC(=O)c2cc(F)ccc2OC)cc1OC. The number of methoxy groups -OCH3 is 2. The quantitative estimate of drug-likeness (QED) is 0.269. The number of ether oxygens (including phenoxy) is 4. The number of halogens is 1. The number of nitrogens with zero attached hydrogens (tertiary/aromatic N) is 1. The zero-order valence-electron chi connectivity index (χ0n) is 15.9. The fourth-order valence-electron chi connectivity index (χ4n) is 2.48. The molecular weight excluding hydrogens is 389 g/mol. The van der Waals surface area contributed by atoms with Crippen molar-refractivity contribution in [3.8, 4) is 17.2 Å². The van der Waals surface area contributed by atoms with E-state index in [4.69, 9.17) is 18.9 Å². The monoisotopic (exact) mass is 407 g/mol. The molecule has 0 aliphatic rings. The van der Waals surface area contributed by atoms with Gasteiger partial charge in [0.2, 0.25) is 5.78 Å².